The standard InChI is InChI=1S/C14H15BrN2O2/c15-11-6-10(7-13-14(11)19-9-18-13)12(8-16)17-4-2-1-3-5-17/h6-7,12H,1-5,9H2. The van der Waals surface area contributed by atoms with Gasteiger partial charge in [0.2, 0.25) is 6.79 Å². The maximum absolute atomic E-state index is 9.49. The van der Waals surface area contributed by atoms with Gasteiger partial charge < -0.3 is 9.47 Å². The van der Waals surface area contributed by atoms with Crippen LogP contribution in [0.2, 0.25) is 0 Å². The highest BCUT2D eigenvalue weighted by Crippen LogP contribution is 2.42. The predicted octanol–water partition coefficient (Wildman–Crippen LogP) is 3.23. The molecule has 0 saturated carbocycles. The van der Waals surface area contributed by atoms with Crippen molar-refractivity contribution in [1.82, 2.24) is 4.90 Å². The van der Waals surface area contributed by atoms with Gasteiger partial charge in [-0.25, -0.2) is 0 Å². The van der Waals surface area contributed by atoms with E-state index >= 15 is 0 Å². The van der Waals surface area contributed by atoms with Gasteiger partial charge >= 0.3 is 0 Å². The summed E-state index contributed by atoms with van der Waals surface area (Å²) in [4.78, 5) is 2.24. The van der Waals surface area contributed by atoms with E-state index in [2.05, 4.69) is 26.9 Å². The molecule has 1 atom stereocenters. The van der Waals surface area contributed by atoms with Crippen molar-refractivity contribution in [2.75, 3.05) is 19.9 Å². The van der Waals surface area contributed by atoms with E-state index in [0.29, 0.717) is 0 Å². The first-order valence-electron chi connectivity index (χ1n) is 6.52. The lowest BCUT2D eigenvalue weighted by Gasteiger charge is -2.30. The van der Waals surface area contributed by atoms with Crippen molar-refractivity contribution in [1.29, 1.82) is 5.26 Å². The lowest BCUT2D eigenvalue weighted by molar-refractivity contribution is 0.173. The summed E-state index contributed by atoms with van der Waals surface area (Å²) in [5.74, 6) is 1.46. The molecule has 0 N–H and O–H groups in total. The SMILES string of the molecule is N#CC(c1cc(Br)c2c(c1)OCO2)N1CCCCC1. The fraction of sp³-hybridized carbons (Fsp3) is 0.500. The molecular formula is C14H15BrN2O2. The molecule has 0 radical (unpaired) electrons. The Morgan fingerprint density at radius 3 is 2.74 bits per heavy atom. The Morgan fingerprint density at radius 2 is 2.00 bits per heavy atom. The Labute approximate surface area is 121 Å². The molecule has 100 valence electrons. The molecule has 1 fully saturated rings. The second-order valence-electron chi connectivity index (χ2n) is 4.86. The Morgan fingerprint density at radius 1 is 1.21 bits per heavy atom. The van der Waals surface area contributed by atoms with Crippen molar-refractivity contribution in [2.45, 2.75) is 25.3 Å². The Hall–Kier alpha value is -1.25. The van der Waals surface area contributed by atoms with Crippen molar-refractivity contribution in [3.63, 3.8) is 0 Å². The zero-order chi connectivity index (χ0) is 13.2. The molecule has 2 aliphatic heterocycles. The Kier molecular flexibility index (Phi) is 3.63. The van der Waals surface area contributed by atoms with Gasteiger partial charge in [-0.05, 0) is 59.6 Å². The van der Waals surface area contributed by atoms with Crippen LogP contribution >= 0.6 is 15.9 Å². The highest BCUT2D eigenvalue weighted by Gasteiger charge is 2.26. The first kappa shape index (κ1) is 12.8. The van der Waals surface area contributed by atoms with E-state index in [1.165, 1.54) is 19.3 Å². The summed E-state index contributed by atoms with van der Waals surface area (Å²) in [7, 11) is 0. The number of hydrogen-bond acceptors (Lipinski definition) is 4. The third kappa shape index (κ3) is 2.43. The van der Waals surface area contributed by atoms with Crippen LogP contribution < -0.4 is 9.47 Å². The molecule has 1 unspecified atom stereocenters. The first-order valence-corrected chi connectivity index (χ1v) is 7.31. The third-order valence-electron chi connectivity index (χ3n) is 3.64. The molecular weight excluding hydrogens is 308 g/mol. The molecule has 2 aliphatic rings. The van der Waals surface area contributed by atoms with Crippen molar-refractivity contribution in [3.8, 4) is 17.6 Å². The smallest absolute Gasteiger partial charge is 0.231 e. The topological polar surface area (TPSA) is 45.5 Å². The Balaban J connectivity index is 1.91. The molecule has 0 spiro atoms. The summed E-state index contributed by atoms with van der Waals surface area (Å²) in [5, 5.41) is 9.49. The normalized spacial score (nSPS) is 20.0. The molecule has 1 saturated heterocycles. The summed E-state index contributed by atoms with van der Waals surface area (Å²) in [6, 6.07) is 6.11. The van der Waals surface area contributed by atoms with E-state index < -0.39 is 0 Å². The molecule has 3 rings (SSSR count). The summed E-state index contributed by atoms with van der Waals surface area (Å²) >= 11 is 3.49. The summed E-state index contributed by atoms with van der Waals surface area (Å²) in [6.45, 7) is 2.23. The number of halogens is 1. The molecule has 0 aliphatic carbocycles. The van der Waals surface area contributed by atoms with Crippen molar-refractivity contribution >= 4 is 15.9 Å². The van der Waals surface area contributed by atoms with Gasteiger partial charge in [-0.15, -0.1) is 0 Å². The summed E-state index contributed by atoms with van der Waals surface area (Å²) in [5.41, 5.74) is 0.973. The maximum Gasteiger partial charge on any atom is 0.231 e. The minimum absolute atomic E-state index is 0.203. The first-order chi connectivity index (χ1) is 9.29. The monoisotopic (exact) mass is 322 g/mol. The maximum atomic E-state index is 9.49. The van der Waals surface area contributed by atoms with Crippen LogP contribution in [0.1, 0.15) is 30.9 Å². The van der Waals surface area contributed by atoms with Gasteiger partial charge in [0, 0.05) is 0 Å². The van der Waals surface area contributed by atoms with Gasteiger partial charge in [0.05, 0.1) is 10.5 Å². The van der Waals surface area contributed by atoms with Crippen LogP contribution in [-0.4, -0.2) is 24.8 Å². The van der Waals surface area contributed by atoms with Crippen molar-refractivity contribution in [3.05, 3.63) is 22.2 Å². The van der Waals surface area contributed by atoms with Gasteiger partial charge in [-0.2, -0.15) is 5.26 Å². The van der Waals surface area contributed by atoms with Crippen molar-refractivity contribution in [2.24, 2.45) is 0 Å². The summed E-state index contributed by atoms with van der Waals surface area (Å²) in [6.07, 6.45) is 3.60. The molecule has 5 heteroatoms. The highest BCUT2D eigenvalue weighted by molar-refractivity contribution is 9.10. The lowest BCUT2D eigenvalue weighted by Crippen LogP contribution is -2.33. The van der Waals surface area contributed by atoms with Crippen LogP contribution in [0.3, 0.4) is 0 Å². The molecule has 2 heterocycles. The largest absolute Gasteiger partial charge is 0.454 e. The van der Waals surface area contributed by atoms with Crippen molar-refractivity contribution < 1.29 is 9.47 Å². The second-order valence-corrected chi connectivity index (χ2v) is 5.72. The van der Waals surface area contributed by atoms with E-state index in [1.807, 2.05) is 12.1 Å². The summed E-state index contributed by atoms with van der Waals surface area (Å²) < 4.78 is 11.7. The number of likely N-dealkylation sites (tertiary alicyclic amines) is 1. The van der Waals surface area contributed by atoms with Gasteiger partial charge in [0.25, 0.3) is 0 Å². The fourth-order valence-electron chi connectivity index (χ4n) is 2.69. The predicted molar refractivity (Wildman–Crippen MR) is 74.0 cm³/mol. The van der Waals surface area contributed by atoms with E-state index in [-0.39, 0.29) is 12.8 Å². The van der Waals surface area contributed by atoms with Gasteiger partial charge in [0.15, 0.2) is 11.5 Å². The van der Waals surface area contributed by atoms with E-state index in [0.717, 1.165) is 34.6 Å². The van der Waals surface area contributed by atoms with Crippen LogP contribution in [-0.2, 0) is 0 Å². The van der Waals surface area contributed by atoms with Crippen LogP contribution in [0.15, 0.2) is 16.6 Å². The number of ether oxygens (including phenoxy) is 2. The number of benzene rings is 1. The van der Waals surface area contributed by atoms with Gasteiger partial charge in [0.1, 0.15) is 6.04 Å². The molecule has 0 aromatic heterocycles. The molecule has 1 aromatic carbocycles. The number of rotatable bonds is 2. The average molecular weight is 323 g/mol. The Bertz CT molecular complexity index is 521. The van der Waals surface area contributed by atoms with Crippen LogP contribution in [0.4, 0.5) is 0 Å². The lowest BCUT2D eigenvalue weighted by atomic mass is 10.0. The van der Waals surface area contributed by atoms with E-state index in [4.69, 9.17) is 9.47 Å². The third-order valence-corrected chi connectivity index (χ3v) is 4.23. The molecule has 0 bridgehead atoms. The number of nitriles is 1. The number of fused-ring (bicyclic) bond motifs is 1. The number of piperidine rings is 1. The number of nitrogens with zero attached hydrogens (tertiary/aromatic N) is 2. The molecule has 1 aromatic rings. The minimum Gasteiger partial charge on any atom is -0.454 e. The van der Waals surface area contributed by atoms with Crippen LogP contribution in [0.5, 0.6) is 11.5 Å². The molecule has 4 nitrogen and oxygen atoms in total. The van der Waals surface area contributed by atoms with Crippen LogP contribution in [0, 0.1) is 11.3 Å². The highest BCUT2D eigenvalue weighted by atomic mass is 79.9. The zero-order valence-electron chi connectivity index (χ0n) is 10.6. The van der Waals surface area contributed by atoms with Gasteiger partial charge in [-0.1, -0.05) is 6.42 Å². The fourth-order valence-corrected chi connectivity index (χ4v) is 3.26. The number of hydrogen-bond donors (Lipinski definition) is 0. The van der Waals surface area contributed by atoms with Crippen LogP contribution in [0.25, 0.3) is 0 Å². The average Bonchev–Trinajstić information content (AvgIpc) is 2.90. The quantitative estimate of drug-likeness (QED) is 0.838. The minimum atomic E-state index is -0.203. The second kappa shape index (κ2) is 5.40. The zero-order valence-corrected chi connectivity index (χ0v) is 12.1. The van der Waals surface area contributed by atoms with E-state index in [1.54, 1.807) is 0 Å². The van der Waals surface area contributed by atoms with E-state index in [9.17, 15) is 5.26 Å². The molecule has 19 heavy (non-hydrogen) atoms. The molecule has 0 amide bonds. The van der Waals surface area contributed by atoms with Gasteiger partial charge in [-0.3, -0.25) is 4.90 Å².